The molecule has 3 N–H and O–H groups in total. The second kappa shape index (κ2) is 6.31. The summed E-state index contributed by atoms with van der Waals surface area (Å²) in [4.78, 5) is 11.1. The molecule has 0 heterocycles. The number of carbonyl (C=O) groups excluding carboxylic acids is 1. The fourth-order valence-electron chi connectivity index (χ4n) is 0.616. The minimum atomic E-state index is -1.72. The van der Waals surface area contributed by atoms with Gasteiger partial charge in [-0.25, -0.2) is 4.79 Å². The second-order valence-electron chi connectivity index (χ2n) is 2.63. The van der Waals surface area contributed by atoms with Crippen molar-refractivity contribution in [2.45, 2.75) is 19.3 Å². The third-order valence-corrected chi connectivity index (χ3v) is 1.43. The molecule has 0 aliphatic heterocycles. The van der Waals surface area contributed by atoms with Gasteiger partial charge in [-0.1, -0.05) is 18.7 Å². The highest BCUT2D eigenvalue weighted by molar-refractivity contribution is 5.88. The van der Waals surface area contributed by atoms with Gasteiger partial charge >= 0.3 is 5.97 Å². The number of carbonyl (C=O) groups is 1. The summed E-state index contributed by atoms with van der Waals surface area (Å²) in [5.74, 6) is -0.773. The van der Waals surface area contributed by atoms with E-state index in [0.29, 0.717) is 0 Å². The summed E-state index contributed by atoms with van der Waals surface area (Å²) < 4.78 is 4.41. The van der Waals surface area contributed by atoms with E-state index in [1.807, 2.05) is 0 Å². The number of ether oxygens (including phenoxy) is 1. The average molecular weight is 202 g/mol. The van der Waals surface area contributed by atoms with Crippen LogP contribution in [0.2, 0.25) is 0 Å². The van der Waals surface area contributed by atoms with Crippen molar-refractivity contribution in [3.8, 4) is 0 Å². The van der Waals surface area contributed by atoms with Crippen molar-refractivity contribution in [3.05, 3.63) is 24.3 Å². The standard InChI is InChI=1S/C9H14O5/c1-3-4-6(2)8(12)14-9(13)7(11)5-10/h3-4,7,9-11,13H,1,5H2,2H3/b6-4+. The van der Waals surface area contributed by atoms with Gasteiger partial charge in [-0.2, -0.15) is 0 Å². The van der Waals surface area contributed by atoms with E-state index in [4.69, 9.17) is 15.3 Å². The van der Waals surface area contributed by atoms with E-state index in [1.54, 1.807) is 0 Å². The van der Waals surface area contributed by atoms with Gasteiger partial charge < -0.3 is 20.1 Å². The number of aliphatic hydroxyl groups is 3. The van der Waals surface area contributed by atoms with Crippen LogP contribution in [-0.4, -0.2) is 40.3 Å². The molecule has 5 heteroatoms. The van der Waals surface area contributed by atoms with E-state index >= 15 is 0 Å². The maximum atomic E-state index is 11.1. The van der Waals surface area contributed by atoms with Gasteiger partial charge in [0.1, 0.15) is 6.10 Å². The van der Waals surface area contributed by atoms with Crippen LogP contribution < -0.4 is 0 Å². The Hall–Kier alpha value is -1.17. The first-order valence-electron chi connectivity index (χ1n) is 4.00. The monoisotopic (exact) mass is 202 g/mol. The van der Waals surface area contributed by atoms with Crippen LogP contribution in [0.5, 0.6) is 0 Å². The molecule has 80 valence electrons. The molecule has 0 aromatic heterocycles. The Bertz CT molecular complexity index is 233. The maximum Gasteiger partial charge on any atom is 0.336 e. The Balaban J connectivity index is 4.18. The first kappa shape index (κ1) is 12.8. The highest BCUT2D eigenvalue weighted by Crippen LogP contribution is 2.02. The molecule has 0 saturated carbocycles. The van der Waals surface area contributed by atoms with Crippen LogP contribution >= 0.6 is 0 Å². The number of hydrogen-bond acceptors (Lipinski definition) is 5. The zero-order chi connectivity index (χ0) is 11.1. The summed E-state index contributed by atoms with van der Waals surface area (Å²) in [6, 6.07) is 0. The number of esters is 1. The van der Waals surface area contributed by atoms with Gasteiger partial charge in [0.15, 0.2) is 0 Å². The lowest BCUT2D eigenvalue weighted by Crippen LogP contribution is -2.33. The molecular weight excluding hydrogens is 188 g/mol. The van der Waals surface area contributed by atoms with Crippen molar-refractivity contribution in [2.24, 2.45) is 0 Å². The van der Waals surface area contributed by atoms with Crippen LogP contribution in [0, 0.1) is 0 Å². The zero-order valence-corrected chi connectivity index (χ0v) is 7.88. The van der Waals surface area contributed by atoms with Crippen LogP contribution in [0.25, 0.3) is 0 Å². The molecule has 0 spiro atoms. The second-order valence-corrected chi connectivity index (χ2v) is 2.63. The van der Waals surface area contributed by atoms with Crippen LogP contribution in [0.1, 0.15) is 6.92 Å². The fraction of sp³-hybridized carbons (Fsp3) is 0.444. The first-order valence-corrected chi connectivity index (χ1v) is 4.00. The van der Waals surface area contributed by atoms with Gasteiger partial charge in [0.05, 0.1) is 6.61 Å². The Labute approximate surface area is 81.9 Å². The van der Waals surface area contributed by atoms with Crippen molar-refractivity contribution in [1.82, 2.24) is 0 Å². The van der Waals surface area contributed by atoms with Gasteiger partial charge in [0.2, 0.25) is 6.29 Å². The Morgan fingerprint density at radius 1 is 1.57 bits per heavy atom. The van der Waals surface area contributed by atoms with Crippen molar-refractivity contribution < 1.29 is 24.9 Å². The molecule has 0 aromatic rings. The molecule has 0 aromatic carbocycles. The SMILES string of the molecule is C=C/C=C(\C)C(=O)OC(O)C(O)CO. The van der Waals surface area contributed by atoms with Gasteiger partial charge in [0.25, 0.3) is 0 Å². The highest BCUT2D eigenvalue weighted by Gasteiger charge is 2.20. The van der Waals surface area contributed by atoms with Crippen molar-refractivity contribution in [2.75, 3.05) is 6.61 Å². The van der Waals surface area contributed by atoms with E-state index in [-0.39, 0.29) is 5.57 Å². The number of aliphatic hydroxyl groups excluding tert-OH is 3. The van der Waals surface area contributed by atoms with E-state index < -0.39 is 25.0 Å². The fourth-order valence-corrected chi connectivity index (χ4v) is 0.616. The lowest BCUT2D eigenvalue weighted by molar-refractivity contribution is -0.186. The van der Waals surface area contributed by atoms with Crippen LogP contribution in [0.3, 0.4) is 0 Å². The van der Waals surface area contributed by atoms with Gasteiger partial charge in [-0.05, 0) is 6.92 Å². The summed E-state index contributed by atoms with van der Waals surface area (Å²) in [6.45, 7) is 4.17. The molecule has 0 fully saturated rings. The van der Waals surface area contributed by atoms with Gasteiger partial charge in [-0.15, -0.1) is 0 Å². The Kier molecular flexibility index (Phi) is 5.78. The van der Waals surface area contributed by atoms with Crippen molar-refractivity contribution >= 4 is 5.97 Å². The largest absolute Gasteiger partial charge is 0.430 e. The van der Waals surface area contributed by atoms with Gasteiger partial charge in [-0.3, -0.25) is 0 Å². The molecule has 5 nitrogen and oxygen atoms in total. The lowest BCUT2D eigenvalue weighted by Gasteiger charge is -2.15. The molecule has 0 bridgehead atoms. The van der Waals surface area contributed by atoms with E-state index in [1.165, 1.54) is 19.1 Å². The molecule has 2 unspecified atom stereocenters. The summed E-state index contributed by atoms with van der Waals surface area (Å²) in [5, 5.41) is 26.3. The Morgan fingerprint density at radius 3 is 2.57 bits per heavy atom. The third-order valence-electron chi connectivity index (χ3n) is 1.43. The molecule has 2 atom stereocenters. The van der Waals surface area contributed by atoms with E-state index in [9.17, 15) is 4.79 Å². The summed E-state index contributed by atoms with van der Waals surface area (Å²) in [5.41, 5.74) is 0.240. The predicted octanol–water partition coefficient (Wildman–Crippen LogP) is -0.667. The lowest BCUT2D eigenvalue weighted by atomic mass is 10.3. The quantitative estimate of drug-likeness (QED) is 0.238. The average Bonchev–Trinajstić information content (AvgIpc) is 2.16. The predicted molar refractivity (Wildman–Crippen MR) is 49.1 cm³/mol. The normalized spacial score (nSPS) is 15.9. The highest BCUT2D eigenvalue weighted by atomic mass is 16.6. The zero-order valence-electron chi connectivity index (χ0n) is 7.88. The van der Waals surface area contributed by atoms with Crippen LogP contribution in [0.4, 0.5) is 0 Å². The maximum absolute atomic E-state index is 11.1. The third kappa shape index (κ3) is 4.18. The molecule has 0 aliphatic carbocycles. The summed E-state index contributed by atoms with van der Waals surface area (Å²) in [7, 11) is 0. The minimum Gasteiger partial charge on any atom is -0.430 e. The van der Waals surface area contributed by atoms with Crippen LogP contribution in [-0.2, 0) is 9.53 Å². The topological polar surface area (TPSA) is 87.0 Å². The minimum absolute atomic E-state index is 0.240. The molecular formula is C9H14O5. The number of rotatable bonds is 5. The first-order chi connectivity index (χ1) is 6.52. The van der Waals surface area contributed by atoms with E-state index in [2.05, 4.69) is 11.3 Å². The van der Waals surface area contributed by atoms with Crippen LogP contribution in [0.15, 0.2) is 24.3 Å². The summed E-state index contributed by atoms with van der Waals surface area (Å²) in [6.07, 6.45) is -0.414. The van der Waals surface area contributed by atoms with Gasteiger partial charge in [0, 0.05) is 5.57 Å². The number of allylic oxidation sites excluding steroid dienone is 2. The van der Waals surface area contributed by atoms with Crippen molar-refractivity contribution in [1.29, 1.82) is 0 Å². The molecule has 0 amide bonds. The Morgan fingerprint density at radius 2 is 2.14 bits per heavy atom. The molecule has 0 aliphatic rings. The van der Waals surface area contributed by atoms with E-state index in [0.717, 1.165) is 0 Å². The smallest absolute Gasteiger partial charge is 0.336 e. The molecule has 0 saturated heterocycles. The molecule has 14 heavy (non-hydrogen) atoms. The molecule has 0 rings (SSSR count). The van der Waals surface area contributed by atoms with Crippen molar-refractivity contribution in [3.63, 3.8) is 0 Å². The summed E-state index contributed by atoms with van der Waals surface area (Å²) >= 11 is 0. The number of hydrogen-bond donors (Lipinski definition) is 3. The molecule has 0 radical (unpaired) electrons.